The number of likely N-dealkylation sites (N-methyl/N-ethyl adjacent to an activating group) is 1. The molecule has 12 heavy (non-hydrogen) atoms. The predicted octanol–water partition coefficient (Wildman–Crippen LogP) is -2.58. The first-order valence-corrected chi connectivity index (χ1v) is 3.50. The fraction of sp³-hybridized carbons (Fsp3) is 0.625. The van der Waals surface area contributed by atoms with Gasteiger partial charge in [-0.1, -0.05) is 6.58 Å². The molecule has 1 atom stereocenters. The summed E-state index contributed by atoms with van der Waals surface area (Å²) in [5.41, 5.74) is 0. The molecule has 0 aromatic carbocycles. The van der Waals surface area contributed by atoms with Crippen molar-refractivity contribution < 1.29 is 26.4 Å². The molecule has 0 rings (SSSR count). The zero-order valence-electron chi connectivity index (χ0n) is 7.79. The summed E-state index contributed by atoms with van der Waals surface area (Å²) in [5, 5.41) is 0. The number of halogens is 1. The zero-order chi connectivity index (χ0) is 8.91. The van der Waals surface area contributed by atoms with E-state index in [9.17, 15) is 4.79 Å². The number of methoxy groups -OCH3 is 1. The summed E-state index contributed by atoms with van der Waals surface area (Å²) in [6, 6.07) is 0. The lowest BCUT2D eigenvalue weighted by molar-refractivity contribution is -0.920. The van der Waals surface area contributed by atoms with E-state index in [-0.39, 0.29) is 12.4 Å². The van der Waals surface area contributed by atoms with Crippen molar-refractivity contribution in [3.05, 3.63) is 12.7 Å². The molecule has 0 aromatic heterocycles. The second-order valence-corrected chi connectivity index (χ2v) is 3.01. The van der Waals surface area contributed by atoms with Crippen molar-refractivity contribution in [2.75, 3.05) is 27.7 Å². The van der Waals surface area contributed by atoms with E-state index in [2.05, 4.69) is 6.58 Å². The van der Waals surface area contributed by atoms with Gasteiger partial charge in [0, 0.05) is 7.11 Å². The summed E-state index contributed by atoms with van der Waals surface area (Å²) >= 11 is 0. The fourth-order valence-corrected chi connectivity index (χ4v) is 0.942. The molecular weight excluding hydrogens is 178 g/mol. The van der Waals surface area contributed by atoms with Crippen molar-refractivity contribution in [2.24, 2.45) is 0 Å². The van der Waals surface area contributed by atoms with Crippen LogP contribution < -0.4 is 12.4 Å². The van der Waals surface area contributed by atoms with Crippen molar-refractivity contribution in [2.45, 2.75) is 6.23 Å². The number of carbonyl (C=O) groups is 1. The molecule has 4 heteroatoms. The molecule has 0 amide bonds. The van der Waals surface area contributed by atoms with Gasteiger partial charge < -0.3 is 17.1 Å². The lowest BCUT2D eigenvalue weighted by Gasteiger charge is -2.32. The Morgan fingerprint density at radius 1 is 1.58 bits per heavy atom. The summed E-state index contributed by atoms with van der Waals surface area (Å²) in [4.78, 5) is 10.5. The van der Waals surface area contributed by atoms with Crippen LogP contribution in [0.15, 0.2) is 12.7 Å². The zero-order valence-corrected chi connectivity index (χ0v) is 8.54. The maximum Gasteiger partial charge on any atom is 0.250 e. The Morgan fingerprint density at radius 3 is 2.33 bits per heavy atom. The largest absolute Gasteiger partial charge is 1.00 e. The van der Waals surface area contributed by atoms with Crippen LogP contribution in [-0.4, -0.2) is 44.7 Å². The third-order valence-corrected chi connectivity index (χ3v) is 1.65. The van der Waals surface area contributed by atoms with Crippen LogP contribution in [0.2, 0.25) is 0 Å². The van der Waals surface area contributed by atoms with E-state index in [1.54, 1.807) is 6.08 Å². The molecule has 1 unspecified atom stereocenters. The number of ether oxygens (including phenoxy) is 1. The Labute approximate surface area is 80.0 Å². The highest BCUT2D eigenvalue weighted by Crippen LogP contribution is 2.04. The molecule has 0 aromatic rings. The molecule has 0 fully saturated rings. The minimum absolute atomic E-state index is 0. The average Bonchev–Trinajstić information content (AvgIpc) is 1.89. The Kier molecular flexibility index (Phi) is 7.28. The second kappa shape index (κ2) is 6.17. The summed E-state index contributed by atoms with van der Waals surface area (Å²) in [6.07, 6.45) is 2.19. The molecule has 0 aliphatic rings. The quantitative estimate of drug-likeness (QED) is 0.208. The van der Waals surface area contributed by atoms with Crippen molar-refractivity contribution >= 4 is 6.29 Å². The molecule has 0 radical (unpaired) electrons. The van der Waals surface area contributed by atoms with E-state index in [1.165, 1.54) is 7.11 Å². The van der Waals surface area contributed by atoms with E-state index >= 15 is 0 Å². The van der Waals surface area contributed by atoms with Crippen LogP contribution in [0, 0.1) is 0 Å². The number of hydrogen-bond donors (Lipinski definition) is 0. The van der Waals surface area contributed by atoms with Gasteiger partial charge in [0.1, 0.15) is 0 Å². The van der Waals surface area contributed by atoms with E-state index in [1.807, 2.05) is 14.1 Å². The van der Waals surface area contributed by atoms with Gasteiger partial charge in [0.25, 0.3) is 0 Å². The third-order valence-electron chi connectivity index (χ3n) is 1.65. The van der Waals surface area contributed by atoms with Gasteiger partial charge in [0.05, 0.1) is 20.6 Å². The van der Waals surface area contributed by atoms with E-state index in [0.29, 0.717) is 4.48 Å². The molecule has 0 spiro atoms. The number of quaternary nitrogens is 1. The minimum atomic E-state index is -0.395. The van der Waals surface area contributed by atoms with Gasteiger partial charge in [-0.2, -0.15) is 0 Å². The number of rotatable bonds is 5. The van der Waals surface area contributed by atoms with E-state index < -0.39 is 6.23 Å². The Morgan fingerprint density at radius 2 is 2.08 bits per heavy atom. The second-order valence-electron chi connectivity index (χ2n) is 3.01. The molecule has 72 valence electrons. The van der Waals surface area contributed by atoms with Crippen molar-refractivity contribution in [3.63, 3.8) is 0 Å². The summed E-state index contributed by atoms with van der Waals surface area (Å²) in [6.45, 7) is 4.33. The van der Waals surface area contributed by atoms with Crippen LogP contribution in [-0.2, 0) is 9.53 Å². The van der Waals surface area contributed by atoms with Crippen molar-refractivity contribution in [1.82, 2.24) is 0 Å². The number of hydrogen-bond acceptors (Lipinski definition) is 2. The molecular formula is C8H16ClNO2. The van der Waals surface area contributed by atoms with Gasteiger partial charge in [0.15, 0.2) is 0 Å². The smallest absolute Gasteiger partial charge is 0.250 e. The summed E-state index contributed by atoms with van der Waals surface area (Å²) in [7, 11) is 5.37. The third kappa shape index (κ3) is 3.85. The molecule has 0 aliphatic heterocycles. The Hall–Kier alpha value is -0.380. The standard InChI is InChI=1S/C8H16NO2.ClH/c1-5-6-9(2,3)8(7-10)11-4;/h5,7-8H,1,6H2,2-4H3;1H/q+1;/p-1. The van der Waals surface area contributed by atoms with E-state index in [4.69, 9.17) is 4.74 Å². The van der Waals surface area contributed by atoms with Gasteiger partial charge >= 0.3 is 0 Å². The predicted molar refractivity (Wildman–Crippen MR) is 44.0 cm³/mol. The molecule has 0 N–H and O–H groups in total. The van der Waals surface area contributed by atoms with Gasteiger partial charge in [-0.3, -0.25) is 9.28 Å². The van der Waals surface area contributed by atoms with Crippen LogP contribution in [0.5, 0.6) is 0 Å². The summed E-state index contributed by atoms with van der Waals surface area (Å²) < 4.78 is 5.46. The first-order valence-electron chi connectivity index (χ1n) is 3.50. The van der Waals surface area contributed by atoms with Crippen molar-refractivity contribution in [1.29, 1.82) is 0 Å². The highest BCUT2D eigenvalue weighted by Gasteiger charge is 2.25. The number of carbonyl (C=O) groups excluding carboxylic acids is 1. The van der Waals surface area contributed by atoms with Gasteiger partial charge in [-0.25, -0.2) is 0 Å². The molecule has 0 saturated heterocycles. The van der Waals surface area contributed by atoms with Gasteiger partial charge in [-0.05, 0) is 6.08 Å². The van der Waals surface area contributed by atoms with Gasteiger partial charge in [-0.15, -0.1) is 0 Å². The average molecular weight is 194 g/mol. The molecule has 0 saturated carbocycles. The lowest BCUT2D eigenvalue weighted by atomic mass is 10.4. The number of aldehydes is 1. The summed E-state index contributed by atoms with van der Waals surface area (Å²) in [5.74, 6) is 0. The molecule has 3 nitrogen and oxygen atoms in total. The monoisotopic (exact) mass is 193 g/mol. The molecule has 0 aliphatic carbocycles. The highest BCUT2D eigenvalue weighted by molar-refractivity contribution is 5.53. The lowest BCUT2D eigenvalue weighted by Crippen LogP contribution is -3.00. The maximum absolute atomic E-state index is 10.5. The topological polar surface area (TPSA) is 26.3 Å². The minimum Gasteiger partial charge on any atom is -1.00 e. The van der Waals surface area contributed by atoms with Crippen molar-refractivity contribution in [3.8, 4) is 0 Å². The van der Waals surface area contributed by atoms with Crippen LogP contribution in [0.25, 0.3) is 0 Å². The molecule has 0 bridgehead atoms. The first kappa shape index (κ1) is 14.2. The Bertz CT molecular complexity index is 148. The maximum atomic E-state index is 10.5. The van der Waals surface area contributed by atoms with Crippen LogP contribution >= 0.6 is 0 Å². The highest BCUT2D eigenvalue weighted by atomic mass is 35.5. The van der Waals surface area contributed by atoms with Crippen LogP contribution in [0.3, 0.4) is 0 Å². The van der Waals surface area contributed by atoms with Crippen LogP contribution in [0.1, 0.15) is 0 Å². The number of nitrogens with zero attached hydrogens (tertiary/aromatic N) is 1. The fourth-order valence-electron chi connectivity index (χ4n) is 0.942. The van der Waals surface area contributed by atoms with Crippen LogP contribution in [0.4, 0.5) is 0 Å². The normalized spacial score (nSPS) is 12.9. The van der Waals surface area contributed by atoms with E-state index in [0.717, 1.165) is 12.8 Å². The van der Waals surface area contributed by atoms with Gasteiger partial charge in [0.2, 0.25) is 12.5 Å². The molecule has 0 heterocycles. The Balaban J connectivity index is 0. The first-order chi connectivity index (χ1) is 5.08. The SMILES string of the molecule is C=CC[N+](C)(C)C(C=O)OC.[Cl-].